The minimum atomic E-state index is -1.15. The van der Waals surface area contributed by atoms with Crippen molar-refractivity contribution in [3.05, 3.63) is 34.9 Å². The summed E-state index contributed by atoms with van der Waals surface area (Å²) in [4.78, 5) is 39.2. The lowest BCUT2D eigenvalue weighted by molar-refractivity contribution is -0.137. The van der Waals surface area contributed by atoms with Crippen LogP contribution in [0.25, 0.3) is 0 Å². The summed E-state index contributed by atoms with van der Waals surface area (Å²) < 4.78 is 10.5. The van der Waals surface area contributed by atoms with Gasteiger partial charge in [-0.15, -0.1) is 11.8 Å². The first-order valence-electron chi connectivity index (χ1n) is 8.80. The van der Waals surface area contributed by atoms with Crippen molar-refractivity contribution in [2.75, 3.05) is 27.0 Å². The molecule has 0 saturated carbocycles. The van der Waals surface area contributed by atoms with Crippen LogP contribution in [0, 0.1) is 5.92 Å². The summed E-state index contributed by atoms with van der Waals surface area (Å²) in [5.41, 5.74) is 0.592. The molecule has 0 saturated heterocycles. The van der Waals surface area contributed by atoms with Crippen LogP contribution >= 0.6 is 11.8 Å². The molecule has 1 aliphatic heterocycles. The smallest absolute Gasteiger partial charge is 0.308 e. The standard InChI is InChI=1S/C20H25NO6S/c1-11(2)10-21-19(25)13(9-16(22)23)17(20(21)28-5)18(24)12-6-7-14(26-3)15(8-12)27-4/h6-8,11,20H,9-10H2,1-5H3,(H,22,23)/t20-/m1/s1. The number of aliphatic carboxylic acids is 1. The molecule has 28 heavy (non-hydrogen) atoms. The highest BCUT2D eigenvalue weighted by atomic mass is 32.2. The lowest BCUT2D eigenvalue weighted by Gasteiger charge is -2.27. The third-order valence-corrected chi connectivity index (χ3v) is 5.31. The predicted octanol–water partition coefficient (Wildman–Crippen LogP) is 2.85. The van der Waals surface area contributed by atoms with Crippen molar-refractivity contribution in [2.45, 2.75) is 25.6 Å². The minimum absolute atomic E-state index is 0.0484. The minimum Gasteiger partial charge on any atom is -0.493 e. The number of carboxylic acids is 1. The van der Waals surface area contributed by atoms with Crippen LogP contribution in [0.15, 0.2) is 29.3 Å². The Labute approximate surface area is 168 Å². The maximum Gasteiger partial charge on any atom is 0.308 e. The average molecular weight is 407 g/mol. The van der Waals surface area contributed by atoms with Crippen LogP contribution in [0.4, 0.5) is 0 Å². The van der Waals surface area contributed by atoms with E-state index >= 15 is 0 Å². The Morgan fingerprint density at radius 3 is 2.36 bits per heavy atom. The third-order valence-electron chi connectivity index (χ3n) is 4.38. The fourth-order valence-electron chi connectivity index (χ4n) is 3.22. The first kappa shape index (κ1) is 21.8. The third kappa shape index (κ3) is 4.32. The van der Waals surface area contributed by atoms with Crippen LogP contribution in [0.5, 0.6) is 11.5 Å². The first-order valence-corrected chi connectivity index (χ1v) is 10.1. The van der Waals surface area contributed by atoms with Gasteiger partial charge in [0.2, 0.25) is 0 Å². The molecular formula is C20H25NO6S. The molecule has 1 N–H and O–H groups in total. The van der Waals surface area contributed by atoms with Gasteiger partial charge >= 0.3 is 5.97 Å². The highest BCUT2D eigenvalue weighted by Gasteiger charge is 2.42. The van der Waals surface area contributed by atoms with Crippen molar-refractivity contribution in [3.8, 4) is 11.5 Å². The number of hydrogen-bond donors (Lipinski definition) is 1. The summed E-state index contributed by atoms with van der Waals surface area (Å²) >= 11 is 1.34. The maximum absolute atomic E-state index is 13.3. The van der Waals surface area contributed by atoms with Gasteiger partial charge in [0.05, 0.1) is 20.6 Å². The van der Waals surface area contributed by atoms with E-state index < -0.39 is 17.8 Å². The van der Waals surface area contributed by atoms with Crippen molar-refractivity contribution in [1.82, 2.24) is 4.90 Å². The number of carbonyl (C=O) groups is 3. The van der Waals surface area contributed by atoms with E-state index in [1.165, 1.54) is 26.0 Å². The van der Waals surface area contributed by atoms with Gasteiger partial charge in [0.25, 0.3) is 5.91 Å². The summed E-state index contributed by atoms with van der Waals surface area (Å²) in [7, 11) is 2.96. The molecule has 8 heteroatoms. The Hall–Kier alpha value is -2.48. The molecule has 0 unspecified atom stereocenters. The maximum atomic E-state index is 13.3. The van der Waals surface area contributed by atoms with E-state index in [-0.39, 0.29) is 28.8 Å². The number of ether oxygens (including phenoxy) is 2. The molecule has 0 fully saturated rings. The van der Waals surface area contributed by atoms with Gasteiger partial charge in [0, 0.05) is 23.3 Å². The average Bonchev–Trinajstić information content (AvgIpc) is 2.91. The predicted molar refractivity (Wildman–Crippen MR) is 107 cm³/mol. The van der Waals surface area contributed by atoms with Crippen LogP contribution < -0.4 is 9.47 Å². The Kier molecular flexibility index (Phi) is 7.12. The van der Waals surface area contributed by atoms with E-state index in [2.05, 4.69) is 0 Å². The second-order valence-corrected chi connectivity index (χ2v) is 7.72. The molecule has 1 aliphatic rings. The molecule has 7 nitrogen and oxygen atoms in total. The van der Waals surface area contributed by atoms with Crippen molar-refractivity contribution >= 4 is 29.4 Å². The SMILES string of the molecule is COc1ccc(C(=O)C2=C(CC(=O)O)C(=O)N(CC(C)C)[C@@H]2SC)cc1OC. The van der Waals surface area contributed by atoms with Gasteiger partial charge in [-0.3, -0.25) is 14.4 Å². The number of carboxylic acid groups (broad SMARTS) is 1. The fraction of sp³-hybridized carbons (Fsp3) is 0.450. The summed E-state index contributed by atoms with van der Waals surface area (Å²) in [6.45, 7) is 4.38. The molecule has 1 aromatic rings. The Morgan fingerprint density at radius 1 is 1.21 bits per heavy atom. The van der Waals surface area contributed by atoms with Gasteiger partial charge in [0.1, 0.15) is 5.37 Å². The number of benzene rings is 1. The van der Waals surface area contributed by atoms with Crippen LogP contribution in [-0.4, -0.2) is 60.1 Å². The molecule has 1 aromatic carbocycles. The second kappa shape index (κ2) is 9.14. The Bertz CT molecular complexity index is 817. The number of thioether (sulfide) groups is 1. The van der Waals surface area contributed by atoms with Gasteiger partial charge in [0.15, 0.2) is 17.3 Å². The van der Waals surface area contributed by atoms with E-state index in [1.54, 1.807) is 29.4 Å². The molecule has 0 radical (unpaired) electrons. The molecule has 0 bridgehead atoms. The first-order chi connectivity index (χ1) is 13.2. The van der Waals surface area contributed by atoms with Gasteiger partial charge in [-0.05, 0) is 30.4 Å². The number of nitrogens with zero attached hydrogens (tertiary/aromatic N) is 1. The summed E-state index contributed by atoms with van der Waals surface area (Å²) in [5.74, 6) is -0.871. The monoisotopic (exact) mass is 407 g/mol. The highest BCUT2D eigenvalue weighted by Crippen LogP contribution is 2.37. The molecule has 152 valence electrons. The number of carbonyl (C=O) groups excluding carboxylic acids is 2. The fourth-order valence-corrected chi connectivity index (χ4v) is 4.14. The van der Waals surface area contributed by atoms with E-state index in [4.69, 9.17) is 9.47 Å². The van der Waals surface area contributed by atoms with E-state index in [0.717, 1.165) is 0 Å². The van der Waals surface area contributed by atoms with E-state index in [0.29, 0.717) is 23.6 Å². The molecule has 2 rings (SSSR count). The Balaban J connectivity index is 2.55. The summed E-state index contributed by atoms with van der Waals surface area (Å²) in [6, 6.07) is 4.74. The topological polar surface area (TPSA) is 93.1 Å². The van der Waals surface area contributed by atoms with Crippen molar-refractivity contribution in [1.29, 1.82) is 0 Å². The molecule has 1 amide bonds. The van der Waals surface area contributed by atoms with Crippen molar-refractivity contribution in [3.63, 3.8) is 0 Å². The Morgan fingerprint density at radius 2 is 1.86 bits per heavy atom. The molecule has 0 spiro atoms. The number of methoxy groups -OCH3 is 2. The number of rotatable bonds is 9. The van der Waals surface area contributed by atoms with E-state index in [9.17, 15) is 19.5 Å². The van der Waals surface area contributed by atoms with Crippen LogP contribution in [-0.2, 0) is 9.59 Å². The molecular weight excluding hydrogens is 382 g/mol. The van der Waals surface area contributed by atoms with Crippen LogP contribution in [0.3, 0.4) is 0 Å². The molecule has 1 atom stereocenters. The van der Waals surface area contributed by atoms with Crippen LogP contribution in [0.2, 0.25) is 0 Å². The largest absolute Gasteiger partial charge is 0.493 e. The lowest BCUT2D eigenvalue weighted by atomic mass is 9.98. The molecule has 0 aromatic heterocycles. The number of amides is 1. The van der Waals surface area contributed by atoms with Crippen molar-refractivity contribution in [2.24, 2.45) is 5.92 Å². The quantitative estimate of drug-likeness (QED) is 0.629. The number of hydrogen-bond acceptors (Lipinski definition) is 6. The summed E-state index contributed by atoms with van der Waals surface area (Å²) in [5, 5.41) is 8.76. The second-order valence-electron chi connectivity index (χ2n) is 6.80. The number of Topliss-reactive ketones (excluding diaryl/α,β-unsaturated/α-hetero) is 1. The zero-order chi connectivity index (χ0) is 21.0. The van der Waals surface area contributed by atoms with Gasteiger partial charge < -0.3 is 19.5 Å². The molecule has 0 aliphatic carbocycles. The normalized spacial score (nSPS) is 16.7. The van der Waals surface area contributed by atoms with Gasteiger partial charge in [-0.25, -0.2) is 0 Å². The van der Waals surface area contributed by atoms with Gasteiger partial charge in [-0.1, -0.05) is 13.8 Å². The zero-order valence-electron chi connectivity index (χ0n) is 16.6. The molecule has 1 heterocycles. The van der Waals surface area contributed by atoms with Crippen LogP contribution in [0.1, 0.15) is 30.6 Å². The summed E-state index contributed by atoms with van der Waals surface area (Å²) in [6.07, 6.45) is 1.32. The van der Waals surface area contributed by atoms with E-state index in [1.807, 2.05) is 13.8 Å². The lowest BCUT2D eigenvalue weighted by Crippen LogP contribution is -2.37. The highest BCUT2D eigenvalue weighted by molar-refractivity contribution is 7.99. The van der Waals surface area contributed by atoms with Gasteiger partial charge in [-0.2, -0.15) is 0 Å². The number of ketones is 1. The van der Waals surface area contributed by atoms with Crippen molar-refractivity contribution < 1.29 is 29.0 Å². The zero-order valence-corrected chi connectivity index (χ0v) is 17.5.